The molecule has 1 amide bonds. The summed E-state index contributed by atoms with van der Waals surface area (Å²) in [6.45, 7) is 2.65. The number of esters is 1. The average Bonchev–Trinajstić information content (AvgIpc) is 2.79. The predicted molar refractivity (Wildman–Crippen MR) is 135 cm³/mol. The maximum atomic E-state index is 12.5. The SMILES string of the molecule is CCOC(=O)CN(C)C/C=C/C(=O)Nc1cc2c(Nc3cccc(Br)c3)ncnc2cc1OC. The molecule has 0 unspecified atom stereocenters. The number of nitrogens with zero attached hydrogens (tertiary/aromatic N) is 3. The van der Waals surface area contributed by atoms with Crippen LogP contribution in [0.3, 0.4) is 0 Å². The fraction of sp³-hybridized carbons (Fsp3) is 0.250. The van der Waals surface area contributed by atoms with Gasteiger partial charge in [-0.25, -0.2) is 9.97 Å². The van der Waals surface area contributed by atoms with Crippen molar-refractivity contribution in [2.45, 2.75) is 6.92 Å². The maximum absolute atomic E-state index is 12.5. The normalized spacial score (nSPS) is 11.1. The second-order valence-corrected chi connectivity index (χ2v) is 8.24. The molecule has 0 bridgehead atoms. The number of ether oxygens (including phenoxy) is 2. The first kappa shape index (κ1) is 25.1. The van der Waals surface area contributed by atoms with Crippen LogP contribution in [0.4, 0.5) is 17.2 Å². The third kappa shape index (κ3) is 7.00. The van der Waals surface area contributed by atoms with Gasteiger partial charge >= 0.3 is 5.97 Å². The molecular weight excluding hydrogens is 502 g/mol. The van der Waals surface area contributed by atoms with E-state index in [1.54, 1.807) is 37.1 Å². The van der Waals surface area contributed by atoms with Crippen LogP contribution >= 0.6 is 15.9 Å². The van der Waals surface area contributed by atoms with Crippen molar-refractivity contribution in [1.82, 2.24) is 14.9 Å². The van der Waals surface area contributed by atoms with Gasteiger partial charge in [-0.3, -0.25) is 14.5 Å². The zero-order chi connectivity index (χ0) is 24.5. The molecule has 3 aromatic rings. The molecular formula is C24H26BrN5O4. The zero-order valence-corrected chi connectivity index (χ0v) is 20.8. The molecule has 9 nitrogen and oxygen atoms in total. The van der Waals surface area contributed by atoms with E-state index in [1.165, 1.54) is 19.5 Å². The Kier molecular flexibility index (Phi) is 8.94. The molecule has 178 valence electrons. The highest BCUT2D eigenvalue weighted by Crippen LogP contribution is 2.33. The van der Waals surface area contributed by atoms with Crippen LogP contribution in [0.15, 0.2) is 59.4 Å². The van der Waals surface area contributed by atoms with Crippen molar-refractivity contribution < 1.29 is 19.1 Å². The molecule has 0 saturated heterocycles. The van der Waals surface area contributed by atoms with Crippen LogP contribution in [0.25, 0.3) is 10.9 Å². The number of methoxy groups -OCH3 is 1. The van der Waals surface area contributed by atoms with Gasteiger partial charge in [-0.2, -0.15) is 0 Å². The molecule has 0 aliphatic carbocycles. The third-order valence-corrected chi connectivity index (χ3v) is 5.19. The van der Waals surface area contributed by atoms with E-state index in [4.69, 9.17) is 9.47 Å². The molecule has 1 heterocycles. The molecule has 0 aliphatic rings. The molecule has 3 rings (SSSR count). The highest BCUT2D eigenvalue weighted by atomic mass is 79.9. The molecule has 0 spiro atoms. The van der Waals surface area contributed by atoms with Gasteiger partial charge in [-0.05, 0) is 38.2 Å². The lowest BCUT2D eigenvalue weighted by Gasteiger charge is -2.14. The Morgan fingerprint density at radius 1 is 1.21 bits per heavy atom. The number of rotatable bonds is 10. The second kappa shape index (κ2) is 12.1. The number of nitrogens with one attached hydrogen (secondary N) is 2. The highest BCUT2D eigenvalue weighted by Gasteiger charge is 2.13. The molecule has 1 aromatic heterocycles. The van der Waals surface area contributed by atoms with Crippen molar-refractivity contribution >= 4 is 55.9 Å². The van der Waals surface area contributed by atoms with Gasteiger partial charge < -0.3 is 20.1 Å². The highest BCUT2D eigenvalue weighted by molar-refractivity contribution is 9.10. The first-order chi connectivity index (χ1) is 16.4. The fourth-order valence-electron chi connectivity index (χ4n) is 3.16. The van der Waals surface area contributed by atoms with Gasteiger partial charge in [0.25, 0.3) is 0 Å². The molecule has 2 aromatic carbocycles. The van der Waals surface area contributed by atoms with Crippen molar-refractivity contribution in [3.63, 3.8) is 0 Å². The number of likely N-dealkylation sites (N-methyl/N-ethyl adjacent to an activating group) is 1. The summed E-state index contributed by atoms with van der Waals surface area (Å²) in [6.07, 6.45) is 4.55. The third-order valence-electron chi connectivity index (χ3n) is 4.69. The Balaban J connectivity index is 1.76. The standard InChI is InChI=1S/C24H26BrN5O4/c1-4-34-23(32)14-30(2)10-6-9-22(31)29-20-12-18-19(13-21(20)33-3)26-15-27-24(18)28-17-8-5-7-16(25)11-17/h5-9,11-13,15H,4,10,14H2,1-3H3,(H,29,31)(H,26,27,28)/b9-6+. The van der Waals surface area contributed by atoms with Gasteiger partial charge in [-0.15, -0.1) is 0 Å². The number of fused-ring (bicyclic) bond motifs is 1. The number of hydrogen-bond acceptors (Lipinski definition) is 8. The average molecular weight is 528 g/mol. The lowest BCUT2D eigenvalue weighted by Crippen LogP contribution is -2.27. The van der Waals surface area contributed by atoms with E-state index in [0.717, 1.165) is 15.5 Å². The molecule has 0 aliphatic heterocycles. The predicted octanol–water partition coefficient (Wildman–Crippen LogP) is 4.13. The van der Waals surface area contributed by atoms with Crippen LogP contribution in [0.5, 0.6) is 5.75 Å². The number of hydrogen-bond donors (Lipinski definition) is 2. The first-order valence-electron chi connectivity index (χ1n) is 10.6. The van der Waals surface area contributed by atoms with Gasteiger partial charge in [0.1, 0.15) is 17.9 Å². The van der Waals surface area contributed by atoms with Crippen LogP contribution in [-0.4, -0.2) is 60.6 Å². The van der Waals surface area contributed by atoms with Gasteiger partial charge in [-0.1, -0.05) is 28.1 Å². The van der Waals surface area contributed by atoms with E-state index in [-0.39, 0.29) is 18.4 Å². The number of halogens is 1. The van der Waals surface area contributed by atoms with Crippen molar-refractivity contribution in [1.29, 1.82) is 0 Å². The minimum absolute atomic E-state index is 0.145. The lowest BCUT2D eigenvalue weighted by atomic mass is 10.2. The second-order valence-electron chi connectivity index (χ2n) is 7.32. The van der Waals surface area contributed by atoms with Crippen LogP contribution in [-0.2, 0) is 14.3 Å². The molecule has 10 heteroatoms. The van der Waals surface area contributed by atoms with Gasteiger partial charge in [0.15, 0.2) is 0 Å². The Morgan fingerprint density at radius 3 is 2.76 bits per heavy atom. The molecule has 0 saturated carbocycles. The fourth-order valence-corrected chi connectivity index (χ4v) is 3.56. The van der Waals surface area contributed by atoms with E-state index in [1.807, 2.05) is 24.3 Å². The lowest BCUT2D eigenvalue weighted by molar-refractivity contribution is -0.143. The van der Waals surface area contributed by atoms with E-state index < -0.39 is 0 Å². The van der Waals surface area contributed by atoms with E-state index in [0.29, 0.717) is 35.9 Å². The monoisotopic (exact) mass is 527 g/mol. The minimum Gasteiger partial charge on any atom is -0.494 e. The molecule has 0 atom stereocenters. The van der Waals surface area contributed by atoms with Crippen LogP contribution in [0, 0.1) is 0 Å². The van der Waals surface area contributed by atoms with Crippen molar-refractivity contribution in [2.75, 3.05) is 44.5 Å². The minimum atomic E-state index is -0.333. The van der Waals surface area contributed by atoms with Crippen LogP contribution in [0.1, 0.15) is 6.92 Å². The molecule has 34 heavy (non-hydrogen) atoms. The number of amides is 1. The maximum Gasteiger partial charge on any atom is 0.320 e. The van der Waals surface area contributed by atoms with Crippen molar-refractivity contribution in [3.8, 4) is 5.75 Å². The van der Waals surface area contributed by atoms with Crippen LogP contribution in [0.2, 0.25) is 0 Å². The summed E-state index contributed by atoms with van der Waals surface area (Å²) in [5.41, 5.74) is 2.00. The summed E-state index contributed by atoms with van der Waals surface area (Å²) in [4.78, 5) is 34.5. The molecule has 0 fully saturated rings. The van der Waals surface area contributed by atoms with Crippen LogP contribution < -0.4 is 15.4 Å². The van der Waals surface area contributed by atoms with E-state index in [9.17, 15) is 9.59 Å². The first-order valence-corrected chi connectivity index (χ1v) is 11.4. The Morgan fingerprint density at radius 2 is 2.03 bits per heavy atom. The van der Waals surface area contributed by atoms with E-state index >= 15 is 0 Å². The molecule has 2 N–H and O–H groups in total. The number of benzene rings is 2. The Bertz CT molecular complexity index is 1200. The topological polar surface area (TPSA) is 106 Å². The van der Waals surface area contributed by atoms with E-state index in [2.05, 4.69) is 36.5 Å². The largest absolute Gasteiger partial charge is 0.494 e. The summed E-state index contributed by atoms with van der Waals surface area (Å²) in [7, 11) is 3.30. The van der Waals surface area contributed by atoms with Crippen molar-refractivity contribution in [3.05, 3.63) is 59.4 Å². The quantitative estimate of drug-likeness (QED) is 0.299. The smallest absolute Gasteiger partial charge is 0.320 e. The summed E-state index contributed by atoms with van der Waals surface area (Å²) < 4.78 is 11.3. The summed E-state index contributed by atoms with van der Waals surface area (Å²) in [5, 5.41) is 6.84. The number of carbonyl (C=O) groups is 2. The summed E-state index contributed by atoms with van der Waals surface area (Å²) in [5.74, 6) is 0.428. The Hall–Kier alpha value is -3.50. The number of anilines is 3. The van der Waals surface area contributed by atoms with Gasteiger partial charge in [0.05, 0.1) is 31.5 Å². The zero-order valence-electron chi connectivity index (χ0n) is 19.2. The van der Waals surface area contributed by atoms with Gasteiger partial charge in [0.2, 0.25) is 5.91 Å². The van der Waals surface area contributed by atoms with Crippen molar-refractivity contribution in [2.24, 2.45) is 0 Å². The number of carbonyl (C=O) groups excluding carboxylic acids is 2. The summed E-state index contributed by atoms with van der Waals surface area (Å²) >= 11 is 3.46. The van der Waals surface area contributed by atoms with Gasteiger partial charge in [0, 0.05) is 34.2 Å². The molecule has 0 radical (unpaired) electrons. The Labute approximate surface area is 206 Å². The number of aromatic nitrogens is 2. The summed E-state index contributed by atoms with van der Waals surface area (Å²) in [6, 6.07) is 11.2.